The largest absolute Gasteiger partial charge is 0.382 e. The van der Waals surface area contributed by atoms with Gasteiger partial charge in [-0.2, -0.15) is 5.10 Å². The van der Waals surface area contributed by atoms with Crippen LogP contribution in [-0.4, -0.2) is 46.3 Å². The standard InChI is InChI=1S/C28H25N7O4S/c1-18(32-27(36)25-26(29)33-23-14-8-15-30-35(23)25)22-17-20-10-6-9-19(11-7-16-31-40(2,38)39)24(20)28(37)34(22)21-12-4-3-5-13-21/h3-6,8-10,12-15,17-18,31H,16,29H2,1-2H3,(H,32,36). The van der Waals surface area contributed by atoms with Gasteiger partial charge in [-0.1, -0.05) is 42.2 Å². The average Bonchev–Trinajstić information content (AvgIpc) is 3.26. The zero-order valence-corrected chi connectivity index (χ0v) is 22.4. The second-order valence-electron chi connectivity index (χ2n) is 9.04. The Morgan fingerprint density at radius 2 is 1.88 bits per heavy atom. The molecular weight excluding hydrogens is 530 g/mol. The van der Waals surface area contributed by atoms with Crippen LogP contribution in [0, 0.1) is 11.8 Å². The first-order valence-electron chi connectivity index (χ1n) is 12.2. The van der Waals surface area contributed by atoms with Crippen molar-refractivity contribution in [3.05, 3.63) is 100 Å². The van der Waals surface area contributed by atoms with Gasteiger partial charge in [0.15, 0.2) is 17.2 Å². The highest BCUT2D eigenvalue weighted by Gasteiger charge is 2.23. The normalized spacial score (nSPS) is 12.2. The fraction of sp³-hybridized carbons (Fsp3) is 0.143. The van der Waals surface area contributed by atoms with Crippen molar-refractivity contribution in [3.63, 3.8) is 0 Å². The van der Waals surface area contributed by atoms with Crippen molar-refractivity contribution in [3.8, 4) is 17.5 Å². The molecule has 5 rings (SSSR count). The minimum absolute atomic E-state index is 0.0379. The molecule has 202 valence electrons. The number of benzene rings is 2. The number of sulfonamides is 1. The molecule has 0 saturated carbocycles. The van der Waals surface area contributed by atoms with Gasteiger partial charge in [0.2, 0.25) is 10.0 Å². The van der Waals surface area contributed by atoms with Crippen molar-refractivity contribution in [1.82, 2.24) is 29.2 Å². The summed E-state index contributed by atoms with van der Waals surface area (Å²) in [6.07, 6.45) is 2.58. The van der Waals surface area contributed by atoms with E-state index in [1.165, 1.54) is 15.3 Å². The number of aromatic nitrogens is 4. The highest BCUT2D eigenvalue weighted by atomic mass is 32.2. The van der Waals surface area contributed by atoms with Gasteiger partial charge in [0, 0.05) is 23.1 Å². The molecule has 2 aromatic carbocycles. The number of amides is 1. The van der Waals surface area contributed by atoms with E-state index in [1.807, 2.05) is 24.3 Å². The van der Waals surface area contributed by atoms with Crippen molar-refractivity contribution >= 4 is 38.2 Å². The Bertz CT molecular complexity index is 1990. The van der Waals surface area contributed by atoms with E-state index in [9.17, 15) is 18.0 Å². The minimum Gasteiger partial charge on any atom is -0.382 e. The molecule has 5 aromatic rings. The highest BCUT2D eigenvalue weighted by molar-refractivity contribution is 7.88. The van der Waals surface area contributed by atoms with Gasteiger partial charge in [-0.05, 0) is 48.7 Å². The van der Waals surface area contributed by atoms with Gasteiger partial charge in [-0.25, -0.2) is 22.6 Å². The molecule has 0 aliphatic rings. The van der Waals surface area contributed by atoms with Crippen LogP contribution in [0.1, 0.15) is 34.7 Å². The Hall–Kier alpha value is -4.99. The van der Waals surface area contributed by atoms with Crippen LogP contribution in [0.3, 0.4) is 0 Å². The molecular formula is C28H25N7O4S. The Morgan fingerprint density at radius 1 is 1.10 bits per heavy atom. The fourth-order valence-corrected chi connectivity index (χ4v) is 4.75. The van der Waals surface area contributed by atoms with Gasteiger partial charge in [-0.15, -0.1) is 0 Å². The lowest BCUT2D eigenvalue weighted by atomic mass is 10.0. The van der Waals surface area contributed by atoms with Gasteiger partial charge >= 0.3 is 0 Å². The number of para-hydroxylation sites is 1. The summed E-state index contributed by atoms with van der Waals surface area (Å²) in [4.78, 5) is 31.6. The third-order valence-electron chi connectivity index (χ3n) is 6.16. The summed E-state index contributed by atoms with van der Waals surface area (Å²) in [5.41, 5.74) is 7.82. The van der Waals surface area contributed by atoms with E-state index in [4.69, 9.17) is 5.73 Å². The monoisotopic (exact) mass is 555 g/mol. The molecule has 40 heavy (non-hydrogen) atoms. The van der Waals surface area contributed by atoms with Gasteiger partial charge in [0.1, 0.15) is 0 Å². The lowest BCUT2D eigenvalue weighted by Crippen LogP contribution is -2.33. The van der Waals surface area contributed by atoms with Crippen molar-refractivity contribution < 1.29 is 13.2 Å². The van der Waals surface area contributed by atoms with Crippen LogP contribution in [0.4, 0.5) is 5.82 Å². The van der Waals surface area contributed by atoms with E-state index in [-0.39, 0.29) is 23.6 Å². The number of nitrogens with two attached hydrogens (primary N) is 1. The number of nitrogens with one attached hydrogen (secondary N) is 2. The lowest BCUT2D eigenvalue weighted by Gasteiger charge is -2.21. The number of nitrogens with zero attached hydrogens (tertiary/aromatic N) is 4. The zero-order valence-electron chi connectivity index (χ0n) is 21.6. The Balaban J connectivity index is 1.60. The molecule has 12 heteroatoms. The quantitative estimate of drug-likeness (QED) is 0.271. The third kappa shape index (κ3) is 5.28. The number of nitrogen functional groups attached to an aromatic ring is 1. The second kappa shape index (κ2) is 10.6. The molecule has 1 atom stereocenters. The maximum Gasteiger partial charge on any atom is 0.274 e. The summed E-state index contributed by atoms with van der Waals surface area (Å²) in [6.45, 7) is 1.68. The van der Waals surface area contributed by atoms with Gasteiger partial charge in [0.25, 0.3) is 11.5 Å². The van der Waals surface area contributed by atoms with E-state index in [0.717, 1.165) is 6.26 Å². The number of carbonyl (C=O) groups excluding carboxylic acids is 1. The number of pyridine rings is 1. The topological polar surface area (TPSA) is 153 Å². The highest BCUT2D eigenvalue weighted by Crippen LogP contribution is 2.24. The number of hydrogen-bond acceptors (Lipinski definition) is 7. The number of carbonyl (C=O) groups is 1. The number of hydrogen-bond donors (Lipinski definition) is 3. The van der Waals surface area contributed by atoms with E-state index in [1.54, 1.807) is 49.4 Å². The van der Waals surface area contributed by atoms with Crippen LogP contribution in [0.25, 0.3) is 22.1 Å². The first-order chi connectivity index (χ1) is 19.1. The molecule has 1 unspecified atom stereocenters. The summed E-state index contributed by atoms with van der Waals surface area (Å²) < 4.78 is 28.0. The van der Waals surface area contributed by atoms with Crippen LogP contribution >= 0.6 is 0 Å². The molecule has 0 fully saturated rings. The van der Waals surface area contributed by atoms with Crippen LogP contribution in [0.15, 0.2) is 77.7 Å². The molecule has 3 heterocycles. The number of fused-ring (bicyclic) bond motifs is 2. The van der Waals surface area contributed by atoms with E-state index in [0.29, 0.717) is 33.4 Å². The van der Waals surface area contributed by atoms with Crippen LogP contribution < -0.4 is 21.3 Å². The number of rotatable bonds is 6. The first-order valence-corrected chi connectivity index (χ1v) is 14.1. The first kappa shape index (κ1) is 26.6. The third-order valence-corrected chi connectivity index (χ3v) is 6.83. The van der Waals surface area contributed by atoms with Gasteiger partial charge < -0.3 is 11.1 Å². The lowest BCUT2D eigenvalue weighted by molar-refractivity contribution is 0.0932. The van der Waals surface area contributed by atoms with Crippen molar-refractivity contribution in [1.29, 1.82) is 0 Å². The smallest absolute Gasteiger partial charge is 0.274 e. The molecule has 0 radical (unpaired) electrons. The van der Waals surface area contributed by atoms with E-state index >= 15 is 0 Å². The van der Waals surface area contributed by atoms with E-state index < -0.39 is 22.0 Å². The van der Waals surface area contributed by atoms with Gasteiger partial charge in [-0.3, -0.25) is 14.2 Å². The zero-order chi connectivity index (χ0) is 28.4. The minimum atomic E-state index is -3.40. The molecule has 1 amide bonds. The molecule has 11 nitrogen and oxygen atoms in total. The van der Waals surface area contributed by atoms with Crippen molar-refractivity contribution in [2.24, 2.45) is 0 Å². The second-order valence-corrected chi connectivity index (χ2v) is 10.9. The molecule has 0 aliphatic heterocycles. The number of anilines is 1. The average molecular weight is 556 g/mol. The molecule has 4 N–H and O–H groups in total. The maximum atomic E-state index is 14.0. The summed E-state index contributed by atoms with van der Waals surface area (Å²) in [5, 5.41) is 8.10. The van der Waals surface area contributed by atoms with Crippen LogP contribution in [-0.2, 0) is 10.0 Å². The van der Waals surface area contributed by atoms with Crippen molar-refractivity contribution in [2.45, 2.75) is 13.0 Å². The Morgan fingerprint density at radius 3 is 2.62 bits per heavy atom. The van der Waals surface area contributed by atoms with E-state index in [2.05, 4.69) is 32.0 Å². The molecule has 0 spiro atoms. The fourth-order valence-electron chi connectivity index (χ4n) is 4.41. The maximum absolute atomic E-state index is 14.0. The number of imidazole rings is 1. The molecule has 3 aromatic heterocycles. The SMILES string of the molecule is CC(NC(=O)c1c(N)nc2cccnn12)c1cc2cccc(C#CCNS(C)(=O)=O)c2c(=O)n1-c1ccccc1. The molecule has 0 saturated heterocycles. The summed E-state index contributed by atoms with van der Waals surface area (Å²) >= 11 is 0. The predicted molar refractivity (Wildman–Crippen MR) is 153 cm³/mol. The molecule has 0 aliphatic carbocycles. The van der Waals surface area contributed by atoms with Crippen LogP contribution in [0.5, 0.6) is 0 Å². The van der Waals surface area contributed by atoms with Gasteiger partial charge in [0.05, 0.1) is 24.2 Å². The summed E-state index contributed by atoms with van der Waals surface area (Å²) in [7, 11) is -3.40. The Labute approximate surface area is 229 Å². The van der Waals surface area contributed by atoms with Crippen LogP contribution in [0.2, 0.25) is 0 Å². The summed E-state index contributed by atoms with van der Waals surface area (Å²) in [5.74, 6) is 5.22. The predicted octanol–water partition coefficient (Wildman–Crippen LogP) is 2.01. The Kier molecular flexibility index (Phi) is 7.08. The van der Waals surface area contributed by atoms with Crippen molar-refractivity contribution in [2.75, 3.05) is 18.5 Å². The molecule has 0 bridgehead atoms. The summed E-state index contributed by atoms with van der Waals surface area (Å²) in [6, 6.07) is 18.9.